The monoisotopic (exact) mass is 338 g/mol. The molecule has 8 nitrogen and oxygen atoms in total. The van der Waals surface area contributed by atoms with Crippen molar-refractivity contribution < 1.29 is 23.0 Å². The third-order valence-corrected chi connectivity index (χ3v) is 4.12. The van der Waals surface area contributed by atoms with E-state index in [4.69, 9.17) is 13.8 Å². The molecule has 0 aromatic carbocycles. The second kappa shape index (κ2) is 7.00. The molecule has 0 saturated carbocycles. The van der Waals surface area contributed by atoms with Crippen molar-refractivity contribution in [3.05, 3.63) is 29.3 Å². The second-order valence-electron chi connectivity index (χ2n) is 5.77. The number of aromatic nitrogens is 2. The number of carbonyl (C=O) groups is 1. The van der Waals surface area contributed by atoms with Gasteiger partial charge in [-0.1, -0.05) is 5.16 Å². The number of carbonyl (C=O) groups excluding carboxylic acids is 1. The van der Waals surface area contributed by atoms with E-state index in [0.29, 0.717) is 31.8 Å². The molecule has 9 heteroatoms. The Hall–Kier alpha value is -2.42. The third-order valence-electron chi connectivity index (χ3n) is 4.12. The molecule has 0 unspecified atom stereocenters. The highest BCUT2D eigenvalue weighted by Gasteiger charge is 2.33. The predicted molar refractivity (Wildman–Crippen MR) is 80.3 cm³/mol. The van der Waals surface area contributed by atoms with Crippen LogP contribution in [0.3, 0.4) is 0 Å². The lowest BCUT2D eigenvalue weighted by Crippen LogP contribution is -2.39. The Morgan fingerprint density at radius 2 is 2.38 bits per heavy atom. The third kappa shape index (κ3) is 3.56. The van der Waals surface area contributed by atoms with Gasteiger partial charge in [-0.3, -0.25) is 9.69 Å². The number of amides is 1. The zero-order valence-corrected chi connectivity index (χ0v) is 13.5. The molecular formula is C15H19FN4O4. The lowest BCUT2D eigenvalue weighted by Gasteiger charge is -2.23. The molecule has 2 atom stereocenters. The van der Waals surface area contributed by atoms with Crippen LogP contribution in [0.2, 0.25) is 0 Å². The Morgan fingerprint density at radius 3 is 3.04 bits per heavy atom. The first-order valence-electron chi connectivity index (χ1n) is 7.64. The maximum atomic E-state index is 13.8. The van der Waals surface area contributed by atoms with Crippen molar-refractivity contribution in [2.75, 3.05) is 20.2 Å². The standard InChI is InChI=1S/C15H19FN4O4/c1-9-10(5-18-23-9)7-20-8-11(16)3-12(20)6-17-15(21)13-4-14(22-2)19-24-13/h4-5,11-12H,3,6-8H2,1-2H3,(H,17,21)/t11-,12-/m0/s1. The van der Waals surface area contributed by atoms with E-state index in [0.717, 1.165) is 5.56 Å². The molecule has 2 aromatic heterocycles. The lowest BCUT2D eigenvalue weighted by molar-refractivity contribution is 0.0902. The minimum absolute atomic E-state index is 0.0584. The maximum absolute atomic E-state index is 13.8. The number of hydrogen-bond donors (Lipinski definition) is 1. The first kappa shape index (κ1) is 16.4. The fourth-order valence-corrected chi connectivity index (χ4v) is 2.78. The summed E-state index contributed by atoms with van der Waals surface area (Å²) in [5.74, 6) is 0.598. The smallest absolute Gasteiger partial charge is 0.290 e. The van der Waals surface area contributed by atoms with Crippen LogP contribution in [-0.4, -0.2) is 53.5 Å². The van der Waals surface area contributed by atoms with Crippen LogP contribution in [0.1, 0.15) is 28.3 Å². The van der Waals surface area contributed by atoms with Crippen LogP contribution in [-0.2, 0) is 6.54 Å². The van der Waals surface area contributed by atoms with E-state index in [1.807, 2.05) is 11.8 Å². The molecular weight excluding hydrogens is 319 g/mol. The van der Waals surface area contributed by atoms with Gasteiger partial charge in [-0.15, -0.1) is 0 Å². The van der Waals surface area contributed by atoms with E-state index in [1.165, 1.54) is 13.2 Å². The summed E-state index contributed by atoms with van der Waals surface area (Å²) in [5, 5.41) is 10.1. The molecule has 1 amide bonds. The maximum Gasteiger partial charge on any atom is 0.290 e. The SMILES string of the molecule is COc1cc(C(=O)NC[C@@H]2C[C@H](F)CN2Cc2cnoc2C)on1. The average Bonchev–Trinajstić information content (AvgIpc) is 3.27. The topological polar surface area (TPSA) is 93.6 Å². The van der Waals surface area contributed by atoms with Gasteiger partial charge in [0.25, 0.3) is 11.8 Å². The number of ether oxygens (including phenoxy) is 1. The van der Waals surface area contributed by atoms with Crippen molar-refractivity contribution in [3.63, 3.8) is 0 Å². The fourth-order valence-electron chi connectivity index (χ4n) is 2.78. The van der Waals surface area contributed by atoms with Gasteiger partial charge in [0.15, 0.2) is 0 Å². The molecule has 0 aliphatic carbocycles. The number of rotatable bonds is 6. The molecule has 1 fully saturated rings. The van der Waals surface area contributed by atoms with Crippen molar-refractivity contribution in [3.8, 4) is 5.88 Å². The van der Waals surface area contributed by atoms with Crippen LogP contribution in [0.15, 0.2) is 21.3 Å². The van der Waals surface area contributed by atoms with Crippen LogP contribution in [0.4, 0.5) is 4.39 Å². The Labute approximate surface area is 137 Å². The minimum Gasteiger partial charge on any atom is -0.479 e. The van der Waals surface area contributed by atoms with Gasteiger partial charge < -0.3 is 19.1 Å². The van der Waals surface area contributed by atoms with Crippen molar-refractivity contribution in [1.29, 1.82) is 0 Å². The number of hydrogen-bond acceptors (Lipinski definition) is 7. The van der Waals surface area contributed by atoms with Gasteiger partial charge in [0.2, 0.25) is 5.76 Å². The highest BCUT2D eigenvalue weighted by Crippen LogP contribution is 2.23. The number of methoxy groups -OCH3 is 1. The highest BCUT2D eigenvalue weighted by molar-refractivity contribution is 5.91. The zero-order valence-electron chi connectivity index (χ0n) is 13.5. The minimum atomic E-state index is -0.919. The molecule has 2 aromatic rings. The van der Waals surface area contributed by atoms with Gasteiger partial charge in [-0.05, 0) is 18.5 Å². The summed E-state index contributed by atoms with van der Waals surface area (Å²) in [6, 6.07) is 1.29. The summed E-state index contributed by atoms with van der Waals surface area (Å²) < 4.78 is 28.6. The summed E-state index contributed by atoms with van der Waals surface area (Å²) in [7, 11) is 1.43. The van der Waals surface area contributed by atoms with Crippen LogP contribution in [0.5, 0.6) is 5.88 Å². The first-order chi connectivity index (χ1) is 11.6. The van der Waals surface area contributed by atoms with Crippen molar-refractivity contribution in [1.82, 2.24) is 20.5 Å². The predicted octanol–water partition coefficient (Wildman–Crippen LogP) is 1.32. The quantitative estimate of drug-likeness (QED) is 0.849. The number of aryl methyl sites for hydroxylation is 1. The second-order valence-corrected chi connectivity index (χ2v) is 5.77. The molecule has 1 N–H and O–H groups in total. The fraction of sp³-hybridized carbons (Fsp3) is 0.533. The Morgan fingerprint density at radius 1 is 1.54 bits per heavy atom. The lowest BCUT2D eigenvalue weighted by atomic mass is 10.2. The molecule has 1 saturated heterocycles. The van der Waals surface area contributed by atoms with Crippen molar-refractivity contribution in [2.45, 2.75) is 32.1 Å². The number of nitrogens with zero attached hydrogens (tertiary/aromatic N) is 3. The molecule has 24 heavy (non-hydrogen) atoms. The summed E-state index contributed by atoms with van der Waals surface area (Å²) in [6.45, 7) is 2.99. The van der Waals surface area contributed by atoms with E-state index in [9.17, 15) is 9.18 Å². The Kier molecular flexibility index (Phi) is 4.79. The molecule has 130 valence electrons. The summed E-state index contributed by atoms with van der Waals surface area (Å²) >= 11 is 0. The molecule has 3 rings (SSSR count). The summed E-state index contributed by atoms with van der Waals surface area (Å²) in [4.78, 5) is 14.0. The van der Waals surface area contributed by atoms with Crippen LogP contribution in [0, 0.1) is 6.92 Å². The van der Waals surface area contributed by atoms with Gasteiger partial charge in [0.05, 0.1) is 19.4 Å². The molecule has 1 aliphatic rings. The van der Waals surface area contributed by atoms with E-state index in [1.54, 1.807) is 6.20 Å². The molecule has 0 radical (unpaired) electrons. The molecule has 3 heterocycles. The van der Waals surface area contributed by atoms with Crippen LogP contribution in [0.25, 0.3) is 0 Å². The van der Waals surface area contributed by atoms with Gasteiger partial charge >= 0.3 is 0 Å². The summed E-state index contributed by atoms with van der Waals surface area (Å²) in [5.41, 5.74) is 0.917. The Bertz CT molecular complexity index is 701. The van der Waals surface area contributed by atoms with Gasteiger partial charge in [0, 0.05) is 31.2 Å². The van der Waals surface area contributed by atoms with E-state index >= 15 is 0 Å². The largest absolute Gasteiger partial charge is 0.479 e. The zero-order chi connectivity index (χ0) is 17.1. The van der Waals surface area contributed by atoms with Crippen LogP contribution >= 0.6 is 0 Å². The summed E-state index contributed by atoms with van der Waals surface area (Å²) in [6.07, 6.45) is 1.08. The average molecular weight is 338 g/mol. The van der Waals surface area contributed by atoms with E-state index in [-0.39, 0.29) is 17.7 Å². The molecule has 1 aliphatic heterocycles. The normalized spacial score (nSPS) is 21.1. The van der Waals surface area contributed by atoms with Gasteiger partial charge in [-0.2, -0.15) is 0 Å². The number of halogens is 1. The van der Waals surface area contributed by atoms with E-state index < -0.39 is 12.1 Å². The van der Waals surface area contributed by atoms with Crippen molar-refractivity contribution in [2.24, 2.45) is 0 Å². The molecule has 0 spiro atoms. The van der Waals surface area contributed by atoms with Crippen LogP contribution < -0.4 is 10.1 Å². The van der Waals surface area contributed by atoms with Gasteiger partial charge in [0.1, 0.15) is 11.9 Å². The number of nitrogens with one attached hydrogen (secondary N) is 1. The Balaban J connectivity index is 1.58. The van der Waals surface area contributed by atoms with E-state index in [2.05, 4.69) is 15.6 Å². The number of likely N-dealkylation sites (tertiary alicyclic amines) is 1. The number of alkyl halides is 1. The van der Waals surface area contributed by atoms with Gasteiger partial charge in [-0.25, -0.2) is 4.39 Å². The highest BCUT2D eigenvalue weighted by atomic mass is 19.1. The molecule has 0 bridgehead atoms. The van der Waals surface area contributed by atoms with Crippen molar-refractivity contribution >= 4 is 5.91 Å². The first-order valence-corrected chi connectivity index (χ1v) is 7.64.